The van der Waals surface area contributed by atoms with Gasteiger partial charge >= 0.3 is 12.1 Å². The quantitative estimate of drug-likeness (QED) is 0.816. The Balaban J connectivity index is 0.000000321. The second-order valence-electron chi connectivity index (χ2n) is 6.42. The number of amides is 1. The van der Waals surface area contributed by atoms with Crippen LogP contribution in [0.5, 0.6) is 0 Å². The second kappa shape index (κ2) is 7.95. The molecule has 0 aromatic carbocycles. The lowest BCUT2D eigenvalue weighted by molar-refractivity contribution is -0.192. The molecule has 1 amide bonds. The maximum Gasteiger partial charge on any atom is 0.490 e. The fourth-order valence-electron chi connectivity index (χ4n) is 2.86. The zero-order chi connectivity index (χ0) is 20.4. The molecule has 0 saturated carbocycles. The molecule has 3 rings (SSSR count). The summed E-state index contributed by atoms with van der Waals surface area (Å²) in [4.78, 5) is 26.0. The molecule has 10 heteroatoms. The van der Waals surface area contributed by atoms with Crippen molar-refractivity contribution in [3.63, 3.8) is 0 Å². The average molecular weight is 386 g/mol. The summed E-state index contributed by atoms with van der Waals surface area (Å²) in [6, 6.07) is 4.18. The van der Waals surface area contributed by atoms with E-state index in [2.05, 4.69) is 11.9 Å². The summed E-state index contributed by atoms with van der Waals surface area (Å²) >= 11 is 0. The summed E-state index contributed by atoms with van der Waals surface area (Å²) in [5.74, 6) is -2.77. The average Bonchev–Trinajstić information content (AvgIpc) is 2.97. The van der Waals surface area contributed by atoms with Crippen molar-refractivity contribution in [3.05, 3.63) is 35.8 Å². The number of aliphatic carboxylic acids is 1. The first-order valence-corrected chi connectivity index (χ1v) is 8.30. The standard InChI is InChI=1S/C15H20N4O.C2HF3O2/c1-11-6-7-14-16-13(10-18(14)9-11)15(20)19-12(2)5-4-8-17(19)3;3-2(4,5)1(6)7/h6-7,9-10,12H,4-5,8H2,1-3H3;(H,6,7). The number of aryl methyl sites for hydroxylation is 1. The maximum atomic E-state index is 12.7. The molecule has 0 spiro atoms. The van der Waals surface area contributed by atoms with E-state index in [1.165, 1.54) is 0 Å². The zero-order valence-corrected chi connectivity index (χ0v) is 15.2. The maximum absolute atomic E-state index is 12.7. The Bertz CT molecular complexity index is 824. The van der Waals surface area contributed by atoms with E-state index < -0.39 is 12.1 Å². The number of rotatable bonds is 1. The van der Waals surface area contributed by atoms with Crippen LogP contribution in [0.2, 0.25) is 0 Å². The number of hydrogen-bond acceptors (Lipinski definition) is 4. The van der Waals surface area contributed by atoms with E-state index >= 15 is 0 Å². The van der Waals surface area contributed by atoms with Gasteiger partial charge in [-0.25, -0.2) is 14.8 Å². The summed E-state index contributed by atoms with van der Waals surface area (Å²) in [6.45, 7) is 5.04. The van der Waals surface area contributed by atoms with Crippen molar-refractivity contribution in [2.75, 3.05) is 13.6 Å². The Labute approximate surface area is 154 Å². The molecule has 1 aliphatic heterocycles. The van der Waals surface area contributed by atoms with E-state index in [0.717, 1.165) is 30.6 Å². The van der Waals surface area contributed by atoms with Gasteiger partial charge in [-0.3, -0.25) is 9.80 Å². The molecule has 2 aromatic heterocycles. The molecule has 2 aromatic rings. The molecule has 3 heterocycles. The van der Waals surface area contributed by atoms with Crippen molar-refractivity contribution in [1.29, 1.82) is 0 Å². The Morgan fingerprint density at radius 1 is 1.26 bits per heavy atom. The molecule has 1 aliphatic rings. The molecular weight excluding hydrogens is 365 g/mol. The van der Waals surface area contributed by atoms with Crippen LogP contribution in [-0.4, -0.2) is 62.2 Å². The molecule has 1 unspecified atom stereocenters. The highest BCUT2D eigenvalue weighted by molar-refractivity contribution is 5.92. The SMILES string of the molecule is Cc1ccc2nc(C(=O)N3C(C)CCCN3C)cn2c1.O=C(O)C(F)(F)F. The summed E-state index contributed by atoms with van der Waals surface area (Å²) in [7, 11) is 1.97. The third-order valence-electron chi connectivity index (χ3n) is 4.16. The molecule has 27 heavy (non-hydrogen) atoms. The number of imidazole rings is 1. The lowest BCUT2D eigenvalue weighted by atomic mass is 10.1. The number of carbonyl (C=O) groups excluding carboxylic acids is 1. The number of carboxylic acid groups (broad SMARTS) is 1. The van der Waals surface area contributed by atoms with Gasteiger partial charge in [-0.05, 0) is 38.3 Å². The molecule has 1 N–H and O–H groups in total. The lowest BCUT2D eigenvalue weighted by Gasteiger charge is -2.40. The molecule has 1 fully saturated rings. The van der Waals surface area contributed by atoms with Gasteiger partial charge in [0.1, 0.15) is 11.3 Å². The van der Waals surface area contributed by atoms with Gasteiger partial charge in [0.05, 0.1) is 0 Å². The van der Waals surface area contributed by atoms with E-state index in [4.69, 9.17) is 9.90 Å². The molecule has 0 bridgehead atoms. The Morgan fingerprint density at radius 3 is 2.44 bits per heavy atom. The molecule has 1 saturated heterocycles. The molecular formula is C17H21F3N4O3. The van der Waals surface area contributed by atoms with Crippen LogP contribution >= 0.6 is 0 Å². The first-order chi connectivity index (χ1) is 12.5. The van der Waals surface area contributed by atoms with Crippen LogP contribution < -0.4 is 0 Å². The zero-order valence-electron chi connectivity index (χ0n) is 15.2. The Kier molecular flexibility index (Phi) is 6.09. The Morgan fingerprint density at radius 2 is 1.89 bits per heavy atom. The van der Waals surface area contributed by atoms with Crippen molar-refractivity contribution in [1.82, 2.24) is 19.4 Å². The minimum absolute atomic E-state index is 0.0129. The minimum atomic E-state index is -5.08. The summed E-state index contributed by atoms with van der Waals surface area (Å²) in [5, 5.41) is 11.0. The van der Waals surface area contributed by atoms with Gasteiger partial charge in [0.2, 0.25) is 0 Å². The predicted octanol–water partition coefficient (Wildman–Crippen LogP) is 2.75. The van der Waals surface area contributed by atoms with E-state index in [-0.39, 0.29) is 11.9 Å². The van der Waals surface area contributed by atoms with Crippen molar-refractivity contribution in [3.8, 4) is 0 Å². The number of pyridine rings is 1. The van der Waals surface area contributed by atoms with Gasteiger partial charge < -0.3 is 9.51 Å². The normalized spacial score (nSPS) is 18.1. The number of hydrogen-bond donors (Lipinski definition) is 1. The molecule has 0 aliphatic carbocycles. The minimum Gasteiger partial charge on any atom is -0.475 e. The van der Waals surface area contributed by atoms with Crippen LogP contribution in [-0.2, 0) is 4.79 Å². The monoisotopic (exact) mass is 386 g/mol. The highest BCUT2D eigenvalue weighted by Crippen LogP contribution is 2.19. The predicted molar refractivity (Wildman–Crippen MR) is 91.1 cm³/mol. The number of aromatic nitrogens is 2. The highest BCUT2D eigenvalue weighted by Gasteiger charge is 2.38. The van der Waals surface area contributed by atoms with Gasteiger partial charge in [-0.1, -0.05) is 6.07 Å². The molecule has 1 atom stereocenters. The van der Waals surface area contributed by atoms with E-state index in [9.17, 15) is 18.0 Å². The number of carboxylic acids is 1. The number of carbonyl (C=O) groups is 2. The van der Waals surface area contributed by atoms with Crippen molar-refractivity contribution >= 4 is 17.5 Å². The van der Waals surface area contributed by atoms with Crippen LogP contribution in [0.4, 0.5) is 13.2 Å². The van der Waals surface area contributed by atoms with E-state index in [1.807, 2.05) is 52.9 Å². The number of hydrazine groups is 1. The van der Waals surface area contributed by atoms with Gasteiger partial charge in [0.25, 0.3) is 5.91 Å². The molecule has 148 valence electrons. The summed E-state index contributed by atoms with van der Waals surface area (Å²) < 4.78 is 33.6. The van der Waals surface area contributed by atoms with E-state index in [0.29, 0.717) is 5.69 Å². The number of alkyl halides is 3. The van der Waals surface area contributed by atoms with Crippen LogP contribution in [0.3, 0.4) is 0 Å². The fraction of sp³-hybridized carbons (Fsp3) is 0.471. The van der Waals surface area contributed by atoms with Crippen LogP contribution in [0.1, 0.15) is 35.8 Å². The van der Waals surface area contributed by atoms with Gasteiger partial charge in [0.15, 0.2) is 0 Å². The van der Waals surface area contributed by atoms with Gasteiger partial charge in [-0.15, -0.1) is 0 Å². The second-order valence-corrected chi connectivity index (χ2v) is 6.42. The number of nitrogens with zero attached hydrogens (tertiary/aromatic N) is 4. The lowest BCUT2D eigenvalue weighted by Crippen LogP contribution is -2.52. The topological polar surface area (TPSA) is 78.2 Å². The van der Waals surface area contributed by atoms with Crippen molar-refractivity contribution < 1.29 is 27.9 Å². The Hall–Kier alpha value is -2.62. The van der Waals surface area contributed by atoms with Crippen LogP contribution in [0, 0.1) is 6.92 Å². The van der Waals surface area contributed by atoms with Crippen LogP contribution in [0.15, 0.2) is 24.5 Å². The van der Waals surface area contributed by atoms with Crippen molar-refractivity contribution in [2.45, 2.75) is 38.9 Å². The summed E-state index contributed by atoms with van der Waals surface area (Å²) in [6.07, 6.45) is 0.899. The van der Waals surface area contributed by atoms with Crippen LogP contribution in [0.25, 0.3) is 5.65 Å². The first-order valence-electron chi connectivity index (χ1n) is 8.30. The van der Waals surface area contributed by atoms with Gasteiger partial charge in [0, 0.05) is 32.0 Å². The molecule has 7 nitrogen and oxygen atoms in total. The van der Waals surface area contributed by atoms with E-state index in [1.54, 1.807) is 0 Å². The largest absolute Gasteiger partial charge is 0.490 e. The van der Waals surface area contributed by atoms with Gasteiger partial charge in [-0.2, -0.15) is 13.2 Å². The highest BCUT2D eigenvalue weighted by atomic mass is 19.4. The molecule has 0 radical (unpaired) electrons. The smallest absolute Gasteiger partial charge is 0.475 e. The first kappa shape index (κ1) is 20.7. The third kappa shape index (κ3) is 4.97. The third-order valence-corrected chi connectivity index (χ3v) is 4.16. The fourth-order valence-corrected chi connectivity index (χ4v) is 2.86. The number of fused-ring (bicyclic) bond motifs is 1. The van der Waals surface area contributed by atoms with Crippen molar-refractivity contribution in [2.24, 2.45) is 0 Å². The number of halogens is 3. The summed E-state index contributed by atoms with van der Waals surface area (Å²) in [5.41, 5.74) is 2.47.